The Morgan fingerprint density at radius 1 is 1.16 bits per heavy atom. The second-order valence-electron chi connectivity index (χ2n) is 4.22. The van der Waals surface area contributed by atoms with Gasteiger partial charge in [-0.2, -0.15) is 0 Å². The zero-order valence-corrected chi connectivity index (χ0v) is 12.7. The fraction of sp³-hybridized carbons (Fsp3) is 0. The normalized spacial score (nSPS) is 15.5. The molecule has 4 heteroatoms. The lowest BCUT2D eigenvalue weighted by molar-refractivity contribution is -0.110. The number of amides is 1. The van der Waals surface area contributed by atoms with E-state index in [4.69, 9.17) is 11.6 Å². The van der Waals surface area contributed by atoms with E-state index in [9.17, 15) is 4.79 Å². The average Bonchev–Trinajstić information content (AvgIpc) is 2.69. The summed E-state index contributed by atoms with van der Waals surface area (Å²) in [6.07, 6.45) is 1.90. The van der Waals surface area contributed by atoms with Gasteiger partial charge in [-0.25, -0.2) is 0 Å². The maximum atomic E-state index is 12.0. The van der Waals surface area contributed by atoms with E-state index >= 15 is 0 Å². The van der Waals surface area contributed by atoms with Gasteiger partial charge in [-0.15, -0.1) is 0 Å². The third kappa shape index (κ3) is 2.40. The van der Waals surface area contributed by atoms with Gasteiger partial charge in [-0.05, 0) is 58.5 Å². The molecule has 1 aliphatic heterocycles. The smallest absolute Gasteiger partial charge is 0.256 e. The van der Waals surface area contributed by atoms with Crippen molar-refractivity contribution < 1.29 is 4.79 Å². The highest BCUT2D eigenvalue weighted by atomic mass is 127. The molecule has 0 saturated carbocycles. The molecule has 0 unspecified atom stereocenters. The molecule has 1 amide bonds. The predicted molar refractivity (Wildman–Crippen MR) is 87.1 cm³/mol. The Morgan fingerprint density at radius 3 is 2.74 bits per heavy atom. The van der Waals surface area contributed by atoms with Gasteiger partial charge in [0.1, 0.15) is 0 Å². The zero-order valence-electron chi connectivity index (χ0n) is 9.78. The van der Waals surface area contributed by atoms with Crippen LogP contribution < -0.4 is 5.32 Å². The number of anilines is 1. The summed E-state index contributed by atoms with van der Waals surface area (Å²) in [4.78, 5) is 12.0. The molecule has 2 aromatic rings. The molecular formula is C15H9ClINO. The summed E-state index contributed by atoms with van der Waals surface area (Å²) in [5.74, 6) is -0.0862. The van der Waals surface area contributed by atoms with Crippen LogP contribution in [0.4, 0.5) is 5.69 Å². The second kappa shape index (κ2) is 4.98. The van der Waals surface area contributed by atoms with Gasteiger partial charge in [-0.3, -0.25) is 4.79 Å². The van der Waals surface area contributed by atoms with Crippen molar-refractivity contribution in [2.75, 3.05) is 5.32 Å². The van der Waals surface area contributed by atoms with Gasteiger partial charge in [0.25, 0.3) is 5.91 Å². The van der Waals surface area contributed by atoms with Crippen LogP contribution in [0.3, 0.4) is 0 Å². The Kier molecular flexibility index (Phi) is 3.33. The van der Waals surface area contributed by atoms with Crippen molar-refractivity contribution >= 4 is 57.4 Å². The Morgan fingerprint density at radius 2 is 1.95 bits per heavy atom. The van der Waals surface area contributed by atoms with Crippen molar-refractivity contribution in [1.29, 1.82) is 0 Å². The monoisotopic (exact) mass is 381 g/mol. The van der Waals surface area contributed by atoms with Crippen LogP contribution in [-0.4, -0.2) is 5.91 Å². The minimum absolute atomic E-state index is 0.0862. The van der Waals surface area contributed by atoms with E-state index in [1.165, 1.54) is 0 Å². The SMILES string of the molecule is O=C1Nc2ccc(Cl)cc2C1=Cc1ccccc1I. The molecule has 3 rings (SSSR count). The minimum Gasteiger partial charge on any atom is -0.321 e. The topological polar surface area (TPSA) is 29.1 Å². The number of nitrogens with one attached hydrogen (secondary N) is 1. The van der Waals surface area contributed by atoms with Crippen LogP contribution in [-0.2, 0) is 4.79 Å². The fourth-order valence-electron chi connectivity index (χ4n) is 2.05. The van der Waals surface area contributed by atoms with E-state index in [-0.39, 0.29) is 5.91 Å². The van der Waals surface area contributed by atoms with Gasteiger partial charge < -0.3 is 5.32 Å². The first-order valence-electron chi connectivity index (χ1n) is 5.72. The number of fused-ring (bicyclic) bond motifs is 1. The standard InChI is InChI=1S/C15H9ClINO/c16-10-5-6-14-11(8-10)12(15(19)18-14)7-9-3-1-2-4-13(9)17/h1-8H,(H,18,19). The molecular weight excluding hydrogens is 373 g/mol. The van der Waals surface area contributed by atoms with Crippen LogP contribution in [0.1, 0.15) is 11.1 Å². The van der Waals surface area contributed by atoms with Crippen molar-refractivity contribution in [2.45, 2.75) is 0 Å². The number of rotatable bonds is 1. The molecule has 94 valence electrons. The molecule has 0 aliphatic carbocycles. The maximum Gasteiger partial charge on any atom is 0.256 e. The molecule has 0 saturated heterocycles. The van der Waals surface area contributed by atoms with Gasteiger partial charge in [-0.1, -0.05) is 29.8 Å². The van der Waals surface area contributed by atoms with Crippen molar-refractivity contribution in [3.05, 3.63) is 62.2 Å². The van der Waals surface area contributed by atoms with Gasteiger partial charge in [0.15, 0.2) is 0 Å². The molecule has 1 heterocycles. The third-order valence-corrected chi connectivity index (χ3v) is 4.19. The summed E-state index contributed by atoms with van der Waals surface area (Å²) in [7, 11) is 0. The van der Waals surface area contributed by atoms with Gasteiger partial charge >= 0.3 is 0 Å². The third-order valence-electron chi connectivity index (χ3n) is 2.97. The highest BCUT2D eigenvalue weighted by molar-refractivity contribution is 14.1. The van der Waals surface area contributed by atoms with Crippen molar-refractivity contribution in [3.8, 4) is 0 Å². The quantitative estimate of drug-likeness (QED) is 0.574. The summed E-state index contributed by atoms with van der Waals surface area (Å²) in [5, 5.41) is 3.47. The summed E-state index contributed by atoms with van der Waals surface area (Å²) in [6.45, 7) is 0. The van der Waals surface area contributed by atoms with Crippen LogP contribution in [0.15, 0.2) is 42.5 Å². The van der Waals surface area contributed by atoms with Crippen molar-refractivity contribution in [1.82, 2.24) is 0 Å². The van der Waals surface area contributed by atoms with Crippen LogP contribution >= 0.6 is 34.2 Å². The molecule has 2 aromatic carbocycles. The van der Waals surface area contributed by atoms with E-state index in [0.29, 0.717) is 10.6 Å². The summed E-state index contributed by atoms with van der Waals surface area (Å²) in [5.41, 5.74) is 3.35. The lowest BCUT2D eigenvalue weighted by Crippen LogP contribution is -2.03. The zero-order chi connectivity index (χ0) is 13.4. The van der Waals surface area contributed by atoms with E-state index in [0.717, 1.165) is 20.4 Å². The van der Waals surface area contributed by atoms with Gasteiger partial charge in [0.05, 0.1) is 0 Å². The van der Waals surface area contributed by atoms with E-state index in [1.54, 1.807) is 6.07 Å². The minimum atomic E-state index is -0.0862. The van der Waals surface area contributed by atoms with E-state index in [1.807, 2.05) is 42.5 Å². The first-order valence-corrected chi connectivity index (χ1v) is 7.18. The first-order chi connectivity index (χ1) is 9.15. The van der Waals surface area contributed by atoms with Crippen LogP contribution in [0, 0.1) is 3.57 Å². The molecule has 0 aromatic heterocycles. The van der Waals surface area contributed by atoms with Crippen molar-refractivity contribution in [2.24, 2.45) is 0 Å². The Balaban J connectivity index is 2.14. The van der Waals surface area contributed by atoms with Crippen LogP contribution in [0.25, 0.3) is 11.6 Å². The molecule has 19 heavy (non-hydrogen) atoms. The molecule has 0 spiro atoms. The highest BCUT2D eigenvalue weighted by Crippen LogP contribution is 2.35. The number of carbonyl (C=O) groups excluding carboxylic acids is 1. The molecule has 0 atom stereocenters. The summed E-state index contributed by atoms with van der Waals surface area (Å²) in [6, 6.07) is 13.4. The largest absolute Gasteiger partial charge is 0.321 e. The molecule has 0 radical (unpaired) electrons. The number of carbonyl (C=O) groups is 1. The Bertz CT molecular complexity index is 709. The van der Waals surface area contributed by atoms with E-state index in [2.05, 4.69) is 27.9 Å². The molecule has 1 N–H and O–H groups in total. The lowest BCUT2D eigenvalue weighted by Gasteiger charge is -2.01. The average molecular weight is 382 g/mol. The lowest BCUT2D eigenvalue weighted by atomic mass is 10.0. The summed E-state index contributed by atoms with van der Waals surface area (Å²) < 4.78 is 1.11. The first kappa shape index (κ1) is 12.7. The van der Waals surface area contributed by atoms with Crippen molar-refractivity contribution in [3.63, 3.8) is 0 Å². The van der Waals surface area contributed by atoms with E-state index < -0.39 is 0 Å². The molecule has 0 fully saturated rings. The second-order valence-corrected chi connectivity index (χ2v) is 5.82. The Labute approximate surface area is 129 Å². The highest BCUT2D eigenvalue weighted by Gasteiger charge is 2.24. The predicted octanol–water partition coefficient (Wildman–Crippen LogP) is 4.44. The number of halogens is 2. The van der Waals surface area contributed by atoms with Gasteiger partial charge in [0.2, 0.25) is 0 Å². The Hall–Kier alpha value is -1.33. The van der Waals surface area contributed by atoms with Gasteiger partial charge in [0, 0.05) is 25.4 Å². The number of hydrogen-bond acceptors (Lipinski definition) is 1. The van der Waals surface area contributed by atoms with Crippen LogP contribution in [0.2, 0.25) is 5.02 Å². The van der Waals surface area contributed by atoms with Crippen LogP contribution in [0.5, 0.6) is 0 Å². The molecule has 1 aliphatic rings. The fourth-order valence-corrected chi connectivity index (χ4v) is 2.77. The number of benzene rings is 2. The molecule has 0 bridgehead atoms. The summed E-state index contributed by atoms with van der Waals surface area (Å²) >= 11 is 8.26. The maximum absolute atomic E-state index is 12.0. The molecule has 2 nitrogen and oxygen atoms in total. The number of hydrogen-bond donors (Lipinski definition) is 1.